The molecule has 21 heavy (non-hydrogen) atoms. The molecule has 0 spiro atoms. The van der Waals surface area contributed by atoms with Crippen LogP contribution < -0.4 is 0 Å². The zero-order chi connectivity index (χ0) is 14.7. The van der Waals surface area contributed by atoms with Gasteiger partial charge in [0.15, 0.2) is 0 Å². The Morgan fingerprint density at radius 2 is 1.95 bits per heavy atom. The van der Waals surface area contributed by atoms with Gasteiger partial charge in [-0.3, -0.25) is 0 Å². The quantitative estimate of drug-likeness (QED) is 0.670. The van der Waals surface area contributed by atoms with E-state index in [-0.39, 0.29) is 0 Å². The summed E-state index contributed by atoms with van der Waals surface area (Å²) >= 11 is 3.23. The minimum absolute atomic E-state index is 0.660. The third kappa shape index (κ3) is 2.97. The number of hydrogen-bond acceptors (Lipinski definition) is 5. The maximum Gasteiger partial charge on any atom is 0.124 e. The lowest BCUT2D eigenvalue weighted by Crippen LogP contribution is -1.83. The molecule has 3 aromatic rings. The van der Waals surface area contributed by atoms with Crippen LogP contribution in [0.5, 0.6) is 0 Å². The fourth-order valence-electron chi connectivity index (χ4n) is 1.91. The van der Waals surface area contributed by atoms with Gasteiger partial charge in [0.1, 0.15) is 5.01 Å². The van der Waals surface area contributed by atoms with Crippen LogP contribution >= 0.6 is 23.1 Å². The molecule has 2 aromatic heterocycles. The van der Waals surface area contributed by atoms with E-state index in [1.807, 2.05) is 54.2 Å². The molecule has 0 atom stereocenters. The van der Waals surface area contributed by atoms with Gasteiger partial charge in [0.25, 0.3) is 0 Å². The molecular weight excluding hydrogens is 298 g/mol. The first-order chi connectivity index (χ1) is 10.3. The molecule has 0 saturated heterocycles. The van der Waals surface area contributed by atoms with Crippen LogP contribution in [0.4, 0.5) is 0 Å². The van der Waals surface area contributed by atoms with Crippen LogP contribution in [0.15, 0.2) is 53.0 Å². The van der Waals surface area contributed by atoms with E-state index in [1.165, 1.54) is 0 Å². The zero-order valence-corrected chi connectivity index (χ0v) is 12.9. The smallest absolute Gasteiger partial charge is 0.124 e. The van der Waals surface area contributed by atoms with Gasteiger partial charge < -0.3 is 0 Å². The highest BCUT2D eigenvalue weighted by Gasteiger charge is 2.07. The maximum absolute atomic E-state index is 8.83. The molecule has 0 saturated carbocycles. The first-order valence-electron chi connectivity index (χ1n) is 6.26. The van der Waals surface area contributed by atoms with Crippen LogP contribution in [0.2, 0.25) is 0 Å². The molecule has 0 aliphatic rings. The van der Waals surface area contributed by atoms with Gasteiger partial charge in [-0.15, -0.1) is 23.1 Å². The summed E-state index contributed by atoms with van der Waals surface area (Å²) in [6.07, 6.45) is 3.82. The Morgan fingerprint density at radius 3 is 2.67 bits per heavy atom. The predicted octanol–water partition coefficient (Wildman–Crippen LogP) is 4.47. The number of thioether (sulfide) groups is 1. The Kier molecular flexibility index (Phi) is 4.00. The van der Waals surface area contributed by atoms with Crippen LogP contribution in [-0.4, -0.2) is 16.2 Å². The Bertz CT molecular complexity index is 801. The highest BCUT2D eigenvalue weighted by Crippen LogP contribution is 2.30. The summed E-state index contributed by atoms with van der Waals surface area (Å²) in [6.45, 7) is 0. The molecule has 1 aromatic carbocycles. The normalized spacial score (nSPS) is 10.3. The number of hydrogen-bond donors (Lipinski definition) is 0. The molecule has 5 heteroatoms. The molecule has 3 nitrogen and oxygen atoms in total. The highest BCUT2D eigenvalue weighted by atomic mass is 32.2. The fraction of sp³-hybridized carbons (Fsp3) is 0.0625. The standard InChI is InChI=1S/C16H11N3S2/c1-20-15-8-13(6-7-18-15)16-19-14(10-21-16)12-4-2-11(9-17)3-5-12/h2-8,10H,1H3. The number of pyridine rings is 1. The fourth-order valence-corrected chi connectivity index (χ4v) is 3.15. The molecule has 0 aliphatic carbocycles. The topological polar surface area (TPSA) is 49.6 Å². The van der Waals surface area contributed by atoms with Crippen LogP contribution in [0.25, 0.3) is 21.8 Å². The zero-order valence-electron chi connectivity index (χ0n) is 11.3. The summed E-state index contributed by atoms with van der Waals surface area (Å²) in [7, 11) is 0. The van der Waals surface area contributed by atoms with Crippen molar-refractivity contribution in [2.24, 2.45) is 0 Å². The van der Waals surface area contributed by atoms with Gasteiger partial charge in [0.05, 0.1) is 22.4 Å². The van der Waals surface area contributed by atoms with Crippen molar-refractivity contribution < 1.29 is 0 Å². The van der Waals surface area contributed by atoms with E-state index in [0.717, 1.165) is 26.9 Å². The number of rotatable bonds is 3. The molecule has 0 N–H and O–H groups in total. The molecule has 0 amide bonds. The van der Waals surface area contributed by atoms with E-state index in [2.05, 4.69) is 16.0 Å². The average molecular weight is 309 g/mol. The van der Waals surface area contributed by atoms with E-state index in [9.17, 15) is 0 Å². The molecule has 0 radical (unpaired) electrons. The van der Waals surface area contributed by atoms with Crippen LogP contribution in [0, 0.1) is 11.3 Å². The van der Waals surface area contributed by atoms with Crippen molar-refractivity contribution in [2.45, 2.75) is 5.03 Å². The molecule has 0 unspecified atom stereocenters. The van der Waals surface area contributed by atoms with Crippen LogP contribution in [-0.2, 0) is 0 Å². The maximum atomic E-state index is 8.83. The SMILES string of the molecule is CSc1cc(-c2nc(-c3ccc(C#N)cc3)cs2)ccn1. The van der Waals surface area contributed by atoms with Crippen molar-refractivity contribution in [2.75, 3.05) is 6.26 Å². The number of thiazole rings is 1. The van der Waals surface area contributed by atoms with Crippen molar-refractivity contribution in [1.29, 1.82) is 5.26 Å². The molecule has 3 rings (SSSR count). The molecule has 0 fully saturated rings. The van der Waals surface area contributed by atoms with Crippen molar-refractivity contribution in [3.8, 4) is 27.9 Å². The summed E-state index contributed by atoms with van der Waals surface area (Å²) in [4.78, 5) is 8.96. The molecular formula is C16H11N3S2. The van der Waals surface area contributed by atoms with Gasteiger partial charge in [0, 0.05) is 22.7 Å². The largest absolute Gasteiger partial charge is 0.250 e. The highest BCUT2D eigenvalue weighted by molar-refractivity contribution is 7.98. The predicted molar refractivity (Wildman–Crippen MR) is 87.3 cm³/mol. The van der Waals surface area contributed by atoms with Crippen molar-refractivity contribution >= 4 is 23.1 Å². The van der Waals surface area contributed by atoms with E-state index in [1.54, 1.807) is 23.1 Å². The van der Waals surface area contributed by atoms with Gasteiger partial charge in [-0.05, 0) is 30.5 Å². The van der Waals surface area contributed by atoms with Gasteiger partial charge >= 0.3 is 0 Å². The van der Waals surface area contributed by atoms with Crippen LogP contribution in [0.1, 0.15) is 5.56 Å². The minimum Gasteiger partial charge on any atom is -0.250 e. The number of nitrogens with zero attached hydrogens (tertiary/aromatic N) is 3. The number of benzene rings is 1. The summed E-state index contributed by atoms with van der Waals surface area (Å²) in [5, 5.41) is 12.8. The second-order valence-electron chi connectivity index (χ2n) is 4.31. The monoisotopic (exact) mass is 309 g/mol. The lowest BCUT2D eigenvalue weighted by atomic mass is 10.1. The first kappa shape index (κ1) is 13.8. The molecule has 102 valence electrons. The Labute approximate surface area is 131 Å². The number of aromatic nitrogens is 2. The third-order valence-corrected chi connectivity index (χ3v) is 4.54. The minimum atomic E-state index is 0.660. The van der Waals surface area contributed by atoms with Crippen molar-refractivity contribution in [1.82, 2.24) is 9.97 Å². The lowest BCUT2D eigenvalue weighted by molar-refractivity contribution is 1.14. The third-order valence-electron chi connectivity index (χ3n) is 3.00. The lowest BCUT2D eigenvalue weighted by Gasteiger charge is -1.99. The summed E-state index contributed by atoms with van der Waals surface area (Å²) in [5.74, 6) is 0. The van der Waals surface area contributed by atoms with Crippen LogP contribution in [0.3, 0.4) is 0 Å². The van der Waals surface area contributed by atoms with Gasteiger partial charge in [0.2, 0.25) is 0 Å². The molecule has 0 bridgehead atoms. The van der Waals surface area contributed by atoms with E-state index >= 15 is 0 Å². The molecule has 0 aliphatic heterocycles. The van der Waals surface area contributed by atoms with Crippen molar-refractivity contribution in [3.05, 3.63) is 53.5 Å². The molecule has 2 heterocycles. The van der Waals surface area contributed by atoms with Gasteiger partial charge in [-0.2, -0.15) is 5.26 Å². The summed E-state index contributed by atoms with van der Waals surface area (Å²) in [6, 6.07) is 13.6. The van der Waals surface area contributed by atoms with E-state index < -0.39 is 0 Å². The average Bonchev–Trinajstić information content (AvgIpc) is 3.05. The number of nitriles is 1. The van der Waals surface area contributed by atoms with Crippen molar-refractivity contribution in [3.63, 3.8) is 0 Å². The summed E-state index contributed by atoms with van der Waals surface area (Å²) < 4.78 is 0. The van der Waals surface area contributed by atoms with Gasteiger partial charge in [-0.25, -0.2) is 9.97 Å². The van der Waals surface area contributed by atoms with E-state index in [4.69, 9.17) is 5.26 Å². The second kappa shape index (κ2) is 6.08. The second-order valence-corrected chi connectivity index (χ2v) is 6.00. The Hall–Kier alpha value is -2.16. The summed E-state index contributed by atoms with van der Waals surface area (Å²) in [5.41, 5.74) is 3.70. The Balaban J connectivity index is 1.93. The van der Waals surface area contributed by atoms with E-state index in [0.29, 0.717) is 5.56 Å². The first-order valence-corrected chi connectivity index (χ1v) is 8.37. The Morgan fingerprint density at radius 1 is 1.14 bits per heavy atom. The van der Waals surface area contributed by atoms with Gasteiger partial charge in [-0.1, -0.05) is 12.1 Å².